The molecule has 0 unspecified atom stereocenters. The van der Waals surface area contributed by atoms with E-state index >= 15 is 0 Å². The third-order valence-corrected chi connectivity index (χ3v) is 7.23. The van der Waals surface area contributed by atoms with Gasteiger partial charge in [0.1, 0.15) is 0 Å². The summed E-state index contributed by atoms with van der Waals surface area (Å²) in [5.41, 5.74) is 1.37. The Kier molecular flexibility index (Phi) is 4.48. The maximum absolute atomic E-state index is 13.7. The predicted octanol–water partition coefficient (Wildman–Crippen LogP) is 2.63. The van der Waals surface area contributed by atoms with Crippen molar-refractivity contribution < 1.29 is 14.4 Å². The molecule has 0 saturated carbocycles. The van der Waals surface area contributed by atoms with Gasteiger partial charge in [-0.2, -0.15) is 0 Å². The van der Waals surface area contributed by atoms with Crippen LogP contribution in [-0.4, -0.2) is 67.4 Å². The monoisotopic (exact) mass is 438 g/mol. The minimum absolute atomic E-state index is 0.172. The van der Waals surface area contributed by atoms with Crippen LogP contribution in [0.15, 0.2) is 48.5 Å². The van der Waals surface area contributed by atoms with Crippen LogP contribution in [0.4, 0.5) is 16.2 Å². The number of barbiturate groups is 1. The molecule has 8 heteroatoms. The van der Waals surface area contributed by atoms with Crippen molar-refractivity contribution in [2.24, 2.45) is 5.41 Å². The van der Waals surface area contributed by atoms with Crippen molar-refractivity contribution >= 4 is 40.8 Å². The average molecular weight is 439 g/mol. The van der Waals surface area contributed by atoms with Crippen molar-refractivity contribution in [3.05, 3.63) is 59.1 Å². The normalized spacial score (nSPS) is 22.7. The summed E-state index contributed by atoms with van der Waals surface area (Å²) in [5, 5.41) is 0.531. The topological polar surface area (TPSA) is 64.2 Å². The van der Waals surface area contributed by atoms with E-state index in [1.165, 1.54) is 14.1 Å². The highest BCUT2D eigenvalue weighted by molar-refractivity contribution is 6.32. The maximum atomic E-state index is 13.7. The number of para-hydroxylation sites is 1. The molecule has 2 fully saturated rings. The summed E-state index contributed by atoms with van der Waals surface area (Å²) < 4.78 is 0. The fraction of sp³-hybridized carbons (Fsp3) is 0.348. The number of imide groups is 2. The van der Waals surface area contributed by atoms with Crippen LogP contribution in [0.2, 0.25) is 5.02 Å². The van der Waals surface area contributed by atoms with E-state index in [-0.39, 0.29) is 6.42 Å². The van der Waals surface area contributed by atoms with Gasteiger partial charge in [0.15, 0.2) is 5.41 Å². The number of hydrogen-bond acceptors (Lipinski definition) is 5. The third kappa shape index (κ3) is 2.69. The fourth-order valence-corrected chi connectivity index (χ4v) is 5.52. The van der Waals surface area contributed by atoms with Crippen LogP contribution in [0.1, 0.15) is 5.56 Å². The van der Waals surface area contributed by atoms with E-state index in [1.54, 1.807) is 6.07 Å². The van der Waals surface area contributed by atoms with Crippen molar-refractivity contribution in [3.63, 3.8) is 0 Å². The summed E-state index contributed by atoms with van der Waals surface area (Å²) in [6.07, 6.45) is 0.172. The number of hydrogen-bond donors (Lipinski definition) is 0. The van der Waals surface area contributed by atoms with E-state index in [0.29, 0.717) is 18.1 Å². The van der Waals surface area contributed by atoms with Crippen LogP contribution in [0.3, 0.4) is 0 Å². The van der Waals surface area contributed by atoms with Gasteiger partial charge in [-0.25, -0.2) is 4.79 Å². The van der Waals surface area contributed by atoms with Crippen molar-refractivity contribution in [2.75, 3.05) is 43.5 Å². The van der Waals surface area contributed by atoms with Gasteiger partial charge in [-0.1, -0.05) is 35.9 Å². The Morgan fingerprint density at radius 2 is 1.58 bits per heavy atom. The highest BCUT2D eigenvalue weighted by atomic mass is 35.5. The summed E-state index contributed by atoms with van der Waals surface area (Å²) in [4.78, 5) is 46.3. The number of carbonyl (C=O) groups is 3. The molecule has 1 spiro atoms. The number of piperazine rings is 1. The Hall–Kier alpha value is -3.06. The van der Waals surface area contributed by atoms with E-state index in [1.807, 2.05) is 42.5 Å². The Labute approximate surface area is 185 Å². The lowest BCUT2D eigenvalue weighted by Crippen LogP contribution is -2.74. The second-order valence-electron chi connectivity index (χ2n) is 8.39. The van der Waals surface area contributed by atoms with E-state index in [4.69, 9.17) is 11.6 Å². The zero-order valence-electron chi connectivity index (χ0n) is 17.4. The van der Waals surface area contributed by atoms with Crippen LogP contribution in [0.5, 0.6) is 0 Å². The molecule has 0 radical (unpaired) electrons. The lowest BCUT2D eigenvalue weighted by atomic mass is 9.67. The molecule has 4 amide bonds. The van der Waals surface area contributed by atoms with Gasteiger partial charge in [0.05, 0.1) is 6.04 Å². The second kappa shape index (κ2) is 6.99. The van der Waals surface area contributed by atoms with Crippen LogP contribution >= 0.6 is 11.6 Å². The minimum Gasteiger partial charge on any atom is -0.368 e. The van der Waals surface area contributed by atoms with Gasteiger partial charge in [-0.05, 0) is 29.8 Å². The molecule has 0 aromatic heterocycles. The average Bonchev–Trinajstić information content (AvgIpc) is 2.81. The highest BCUT2D eigenvalue weighted by Crippen LogP contribution is 2.48. The first-order valence-corrected chi connectivity index (χ1v) is 10.7. The van der Waals surface area contributed by atoms with Crippen LogP contribution in [0, 0.1) is 5.41 Å². The number of rotatable bonds is 1. The first-order valence-electron chi connectivity index (χ1n) is 10.3. The fourth-order valence-electron chi connectivity index (χ4n) is 5.28. The van der Waals surface area contributed by atoms with E-state index in [2.05, 4.69) is 9.80 Å². The number of nitrogens with zero attached hydrogens (tertiary/aromatic N) is 4. The SMILES string of the molecule is CN1C(=O)N(C)C(=O)C2(Cc3c(Cl)cccc3N3CCN(c4ccccc4)C[C@H]32)C1=O. The van der Waals surface area contributed by atoms with E-state index in [0.717, 1.165) is 33.3 Å². The molecule has 1 atom stereocenters. The van der Waals surface area contributed by atoms with Gasteiger partial charge in [-0.15, -0.1) is 0 Å². The molecule has 160 valence electrons. The molecule has 3 heterocycles. The van der Waals surface area contributed by atoms with Crippen molar-refractivity contribution in [2.45, 2.75) is 12.5 Å². The third-order valence-electron chi connectivity index (χ3n) is 6.88. The largest absolute Gasteiger partial charge is 0.368 e. The molecule has 31 heavy (non-hydrogen) atoms. The molecule has 2 saturated heterocycles. The molecule has 0 bridgehead atoms. The zero-order valence-corrected chi connectivity index (χ0v) is 18.2. The first kappa shape index (κ1) is 19.9. The number of fused-ring (bicyclic) bond motifs is 4. The van der Waals surface area contributed by atoms with Gasteiger partial charge >= 0.3 is 6.03 Å². The van der Waals surface area contributed by atoms with Crippen molar-refractivity contribution in [1.82, 2.24) is 9.80 Å². The standard InChI is InChI=1S/C23H23ClN4O3/c1-25-20(29)23(21(30)26(2)22(25)31)13-16-17(24)9-6-10-18(16)28-12-11-27(14-19(23)28)15-7-4-3-5-8-15/h3-10,19H,11-14H2,1-2H3/t19-/m0/s1. The molecule has 2 aromatic rings. The first-order chi connectivity index (χ1) is 14.9. The highest BCUT2D eigenvalue weighted by Gasteiger charge is 2.64. The summed E-state index contributed by atoms with van der Waals surface area (Å²) in [6.45, 7) is 1.87. The Bertz CT molecular complexity index is 1070. The Balaban J connectivity index is 1.67. The number of amides is 4. The number of carbonyl (C=O) groups excluding carboxylic acids is 3. The summed E-state index contributed by atoms with van der Waals surface area (Å²) in [6, 6.07) is 14.6. The summed E-state index contributed by atoms with van der Waals surface area (Å²) in [5.74, 6) is -0.924. The van der Waals surface area contributed by atoms with Crippen LogP contribution in [-0.2, 0) is 16.0 Å². The molecule has 7 nitrogen and oxygen atoms in total. The van der Waals surface area contributed by atoms with E-state index < -0.39 is 29.3 Å². The summed E-state index contributed by atoms with van der Waals surface area (Å²) >= 11 is 6.54. The molecular formula is C23H23ClN4O3. The van der Waals surface area contributed by atoms with Crippen LogP contribution in [0.25, 0.3) is 0 Å². The molecule has 0 aliphatic carbocycles. The van der Waals surface area contributed by atoms with Gasteiger partial charge in [0.25, 0.3) is 0 Å². The zero-order chi connectivity index (χ0) is 21.9. The lowest BCUT2D eigenvalue weighted by molar-refractivity contribution is -0.159. The molecule has 5 rings (SSSR count). The molecule has 0 N–H and O–H groups in total. The Morgan fingerprint density at radius 3 is 2.26 bits per heavy atom. The smallest absolute Gasteiger partial charge is 0.332 e. The lowest BCUT2D eigenvalue weighted by Gasteiger charge is -2.56. The van der Waals surface area contributed by atoms with Crippen molar-refractivity contribution in [3.8, 4) is 0 Å². The quantitative estimate of drug-likeness (QED) is 0.640. The molecule has 3 aliphatic rings. The van der Waals surface area contributed by atoms with E-state index in [9.17, 15) is 14.4 Å². The van der Waals surface area contributed by atoms with Gasteiger partial charge in [-0.3, -0.25) is 19.4 Å². The number of anilines is 2. The Morgan fingerprint density at radius 1 is 0.903 bits per heavy atom. The maximum Gasteiger partial charge on any atom is 0.332 e. The number of benzene rings is 2. The van der Waals surface area contributed by atoms with Gasteiger partial charge in [0.2, 0.25) is 11.8 Å². The number of urea groups is 1. The molecular weight excluding hydrogens is 416 g/mol. The second-order valence-corrected chi connectivity index (χ2v) is 8.79. The number of halogens is 1. The van der Waals surface area contributed by atoms with Crippen LogP contribution < -0.4 is 9.80 Å². The molecule has 2 aromatic carbocycles. The minimum atomic E-state index is -1.41. The van der Waals surface area contributed by atoms with Crippen molar-refractivity contribution in [1.29, 1.82) is 0 Å². The van der Waals surface area contributed by atoms with Gasteiger partial charge < -0.3 is 9.80 Å². The van der Waals surface area contributed by atoms with Gasteiger partial charge in [0, 0.05) is 56.5 Å². The molecule has 3 aliphatic heterocycles. The summed E-state index contributed by atoms with van der Waals surface area (Å²) in [7, 11) is 2.89. The predicted molar refractivity (Wildman–Crippen MR) is 118 cm³/mol.